The highest BCUT2D eigenvalue weighted by molar-refractivity contribution is 8.26. The molecule has 8 heteroatoms. The van der Waals surface area contributed by atoms with E-state index in [4.69, 9.17) is 28.6 Å². The number of halogens is 1. The Hall–Kier alpha value is -3.13. The van der Waals surface area contributed by atoms with Gasteiger partial charge in [-0.05, 0) is 55.3 Å². The molecule has 0 unspecified atom stereocenters. The molecule has 2 amide bonds. The minimum absolute atomic E-state index is 0.138. The van der Waals surface area contributed by atoms with Crippen molar-refractivity contribution in [3.05, 3.63) is 99.4 Å². The highest BCUT2D eigenvalue weighted by Crippen LogP contribution is 2.38. The van der Waals surface area contributed by atoms with Gasteiger partial charge in [0, 0.05) is 5.69 Å². The van der Waals surface area contributed by atoms with Gasteiger partial charge in [-0.15, -0.1) is 0 Å². The first-order valence-corrected chi connectivity index (χ1v) is 12.5. The van der Waals surface area contributed by atoms with E-state index < -0.39 is 0 Å². The maximum atomic E-state index is 13.1. The Balaban J connectivity index is 1.40. The summed E-state index contributed by atoms with van der Waals surface area (Å²) in [5, 5.41) is 3.12. The van der Waals surface area contributed by atoms with Gasteiger partial charge < -0.3 is 10.1 Å². The number of benzene rings is 3. The second-order valence-corrected chi connectivity index (χ2v) is 10.1. The highest BCUT2D eigenvalue weighted by Gasteiger charge is 2.35. The lowest BCUT2D eigenvalue weighted by atomic mass is 10.1. The van der Waals surface area contributed by atoms with Gasteiger partial charge in [0.15, 0.2) is 6.61 Å². The van der Waals surface area contributed by atoms with Crippen LogP contribution in [0.3, 0.4) is 0 Å². The number of thiocarbonyl (C=S) groups is 1. The number of anilines is 1. The standard InChI is InChI=1S/C27H23ClN2O3S2/c1-17-8-11-21(12-9-17)29-25(31)16-33-23-13-10-19(14-22(23)28)15-24-26(32)30(27(34)35-24)18(2)20-6-4-3-5-7-20/h3-15,18H,16H2,1-2H3,(H,29,31)/b24-15-/t18-/m1/s1. The van der Waals surface area contributed by atoms with Crippen molar-refractivity contribution in [3.8, 4) is 5.75 Å². The van der Waals surface area contributed by atoms with Crippen molar-refractivity contribution < 1.29 is 14.3 Å². The second-order valence-electron chi connectivity index (χ2n) is 8.03. The maximum absolute atomic E-state index is 13.1. The van der Waals surface area contributed by atoms with E-state index in [0.717, 1.165) is 16.7 Å². The quantitative estimate of drug-likeness (QED) is 0.279. The topological polar surface area (TPSA) is 58.6 Å². The average Bonchev–Trinajstić information content (AvgIpc) is 3.12. The van der Waals surface area contributed by atoms with Crippen LogP contribution in [-0.4, -0.2) is 27.6 Å². The molecule has 1 heterocycles. The van der Waals surface area contributed by atoms with E-state index in [9.17, 15) is 9.59 Å². The first kappa shape index (κ1) is 25.0. The van der Waals surface area contributed by atoms with Crippen molar-refractivity contribution in [3.63, 3.8) is 0 Å². The van der Waals surface area contributed by atoms with Crippen LogP contribution in [0.25, 0.3) is 6.08 Å². The summed E-state index contributed by atoms with van der Waals surface area (Å²) < 4.78 is 6.11. The predicted molar refractivity (Wildman–Crippen MR) is 147 cm³/mol. The number of aryl methyl sites for hydroxylation is 1. The number of nitrogens with zero attached hydrogens (tertiary/aromatic N) is 1. The largest absolute Gasteiger partial charge is 0.482 e. The molecule has 0 saturated carbocycles. The summed E-state index contributed by atoms with van der Waals surface area (Å²) in [5.41, 5.74) is 3.56. The first-order chi connectivity index (χ1) is 16.8. The third-order valence-electron chi connectivity index (χ3n) is 5.44. The number of ether oxygens (including phenoxy) is 1. The monoisotopic (exact) mass is 522 g/mol. The van der Waals surface area contributed by atoms with Crippen LogP contribution in [0.4, 0.5) is 5.69 Å². The van der Waals surface area contributed by atoms with Crippen LogP contribution in [0.15, 0.2) is 77.7 Å². The van der Waals surface area contributed by atoms with E-state index in [-0.39, 0.29) is 24.5 Å². The lowest BCUT2D eigenvalue weighted by Crippen LogP contribution is -2.30. The Morgan fingerprint density at radius 2 is 1.86 bits per heavy atom. The number of amides is 2. The van der Waals surface area contributed by atoms with Crippen molar-refractivity contribution in [2.75, 3.05) is 11.9 Å². The van der Waals surface area contributed by atoms with Crippen LogP contribution in [0.5, 0.6) is 5.75 Å². The van der Waals surface area contributed by atoms with E-state index in [1.807, 2.05) is 68.4 Å². The second kappa shape index (κ2) is 11.1. The van der Waals surface area contributed by atoms with Gasteiger partial charge in [0.1, 0.15) is 10.1 Å². The van der Waals surface area contributed by atoms with Crippen LogP contribution in [0.1, 0.15) is 29.7 Å². The molecule has 1 saturated heterocycles. The molecule has 1 N–H and O–H groups in total. The van der Waals surface area contributed by atoms with Gasteiger partial charge in [0.2, 0.25) is 0 Å². The number of thioether (sulfide) groups is 1. The van der Waals surface area contributed by atoms with E-state index in [1.54, 1.807) is 29.2 Å². The molecular weight excluding hydrogens is 500 g/mol. The summed E-state index contributed by atoms with van der Waals surface area (Å²) in [7, 11) is 0. The fraction of sp³-hybridized carbons (Fsp3) is 0.148. The fourth-order valence-electron chi connectivity index (χ4n) is 3.55. The normalized spacial score (nSPS) is 15.4. The molecule has 1 aliphatic rings. The van der Waals surface area contributed by atoms with Crippen molar-refractivity contribution in [2.24, 2.45) is 0 Å². The van der Waals surface area contributed by atoms with E-state index in [1.165, 1.54) is 11.8 Å². The zero-order valence-corrected chi connectivity index (χ0v) is 21.5. The van der Waals surface area contributed by atoms with E-state index in [0.29, 0.717) is 25.7 Å². The fourth-order valence-corrected chi connectivity index (χ4v) is 5.21. The number of rotatable bonds is 7. The molecule has 3 aromatic rings. The molecule has 0 spiro atoms. The Bertz CT molecular complexity index is 1290. The molecule has 1 atom stereocenters. The van der Waals surface area contributed by atoms with Gasteiger partial charge >= 0.3 is 0 Å². The van der Waals surface area contributed by atoms with Gasteiger partial charge in [-0.1, -0.05) is 89.7 Å². The summed E-state index contributed by atoms with van der Waals surface area (Å²) in [6, 6.07) is 22.3. The molecular formula is C27H23ClN2O3S2. The highest BCUT2D eigenvalue weighted by atomic mass is 35.5. The van der Waals surface area contributed by atoms with Gasteiger partial charge in [0.25, 0.3) is 11.8 Å². The number of hydrogen-bond acceptors (Lipinski definition) is 5. The van der Waals surface area contributed by atoms with Gasteiger partial charge in [-0.3, -0.25) is 14.5 Å². The third kappa shape index (κ3) is 6.11. The minimum atomic E-state index is -0.287. The third-order valence-corrected chi connectivity index (χ3v) is 7.07. The summed E-state index contributed by atoms with van der Waals surface area (Å²) in [4.78, 5) is 27.4. The van der Waals surface area contributed by atoms with Gasteiger partial charge in [-0.2, -0.15) is 0 Å². The van der Waals surface area contributed by atoms with Gasteiger partial charge in [0.05, 0.1) is 16.0 Å². The first-order valence-electron chi connectivity index (χ1n) is 10.9. The van der Waals surface area contributed by atoms with E-state index >= 15 is 0 Å². The predicted octanol–water partition coefficient (Wildman–Crippen LogP) is 6.63. The molecule has 5 nitrogen and oxygen atoms in total. The molecule has 1 fully saturated rings. The molecule has 35 heavy (non-hydrogen) atoms. The molecule has 4 rings (SSSR count). The number of hydrogen-bond donors (Lipinski definition) is 1. The summed E-state index contributed by atoms with van der Waals surface area (Å²) in [5.74, 6) is -0.0427. The van der Waals surface area contributed by atoms with Crippen LogP contribution < -0.4 is 10.1 Å². The molecule has 1 aliphatic heterocycles. The van der Waals surface area contributed by atoms with Crippen LogP contribution >= 0.6 is 35.6 Å². The zero-order chi connectivity index (χ0) is 24.9. The Morgan fingerprint density at radius 1 is 1.14 bits per heavy atom. The van der Waals surface area contributed by atoms with Crippen molar-refractivity contribution >= 4 is 63.5 Å². The Labute approximate surface area is 219 Å². The molecule has 0 aliphatic carbocycles. The molecule has 0 aromatic heterocycles. The lowest BCUT2D eigenvalue weighted by molar-refractivity contribution is -0.123. The van der Waals surface area contributed by atoms with Crippen LogP contribution in [0, 0.1) is 6.92 Å². The molecule has 0 bridgehead atoms. The number of nitrogens with one attached hydrogen (secondary N) is 1. The van der Waals surface area contributed by atoms with Crippen molar-refractivity contribution in [1.82, 2.24) is 4.90 Å². The minimum Gasteiger partial charge on any atom is -0.482 e. The van der Waals surface area contributed by atoms with Crippen LogP contribution in [0.2, 0.25) is 5.02 Å². The molecule has 178 valence electrons. The Kier molecular flexibility index (Phi) is 7.90. The molecule has 0 radical (unpaired) electrons. The van der Waals surface area contributed by atoms with Crippen molar-refractivity contribution in [1.29, 1.82) is 0 Å². The summed E-state index contributed by atoms with van der Waals surface area (Å²) in [6.45, 7) is 3.76. The smallest absolute Gasteiger partial charge is 0.266 e. The zero-order valence-electron chi connectivity index (χ0n) is 19.2. The maximum Gasteiger partial charge on any atom is 0.266 e. The Morgan fingerprint density at radius 3 is 2.54 bits per heavy atom. The summed E-state index contributed by atoms with van der Waals surface area (Å²) in [6.07, 6.45) is 1.76. The van der Waals surface area contributed by atoms with Gasteiger partial charge in [-0.25, -0.2) is 0 Å². The molecule has 3 aromatic carbocycles. The number of carbonyl (C=O) groups excluding carboxylic acids is 2. The number of carbonyl (C=O) groups is 2. The van der Waals surface area contributed by atoms with E-state index in [2.05, 4.69) is 5.32 Å². The SMILES string of the molecule is Cc1ccc(NC(=O)COc2ccc(/C=C3\SC(=S)N([C@H](C)c4ccccc4)C3=O)cc2Cl)cc1. The van der Waals surface area contributed by atoms with Crippen LogP contribution in [-0.2, 0) is 9.59 Å². The average molecular weight is 523 g/mol. The lowest BCUT2D eigenvalue weighted by Gasteiger charge is -2.23. The van der Waals surface area contributed by atoms with Crippen molar-refractivity contribution in [2.45, 2.75) is 19.9 Å². The summed E-state index contributed by atoms with van der Waals surface area (Å²) >= 11 is 13.1.